The molecule has 0 aromatic heterocycles. The molecular formula is C4H8N4. The third-order valence-electron chi connectivity index (χ3n) is 0.926. The second-order valence-corrected chi connectivity index (χ2v) is 1.58. The van der Waals surface area contributed by atoms with Crippen molar-refractivity contribution in [1.29, 1.82) is 0 Å². The van der Waals surface area contributed by atoms with Crippen LogP contribution in [0.5, 0.6) is 0 Å². The molecule has 1 aliphatic heterocycles. The average molecular weight is 112 g/mol. The molecule has 0 amide bonds. The van der Waals surface area contributed by atoms with Gasteiger partial charge < -0.3 is 11.5 Å². The highest BCUT2D eigenvalue weighted by Gasteiger charge is 2.03. The summed E-state index contributed by atoms with van der Waals surface area (Å²) in [6.07, 6.45) is 3.12. The zero-order valence-electron chi connectivity index (χ0n) is 4.33. The predicted molar refractivity (Wildman–Crippen MR) is 31.9 cm³/mol. The molecule has 0 fully saturated rings. The summed E-state index contributed by atoms with van der Waals surface area (Å²) in [7, 11) is 0. The number of hydrazone groups is 1. The number of nitrogens with two attached hydrogens (primary N) is 2. The Bertz CT molecular complexity index is 137. The molecule has 0 aromatic rings. The van der Waals surface area contributed by atoms with Gasteiger partial charge in [0.2, 0.25) is 0 Å². The molecule has 0 spiro atoms. The lowest BCUT2D eigenvalue weighted by atomic mass is 10.2. The van der Waals surface area contributed by atoms with Crippen molar-refractivity contribution < 1.29 is 0 Å². The Balaban J connectivity index is 2.63. The topological polar surface area (TPSA) is 76.4 Å². The van der Waals surface area contributed by atoms with Gasteiger partial charge in [-0.15, -0.1) is 0 Å². The van der Waals surface area contributed by atoms with E-state index in [1.165, 1.54) is 0 Å². The molecule has 44 valence electrons. The van der Waals surface area contributed by atoms with Crippen LogP contribution in [0.1, 0.15) is 0 Å². The van der Waals surface area contributed by atoms with Crippen LogP contribution in [-0.4, -0.2) is 12.3 Å². The van der Waals surface area contributed by atoms with Crippen LogP contribution in [0.15, 0.2) is 17.0 Å². The third-order valence-corrected chi connectivity index (χ3v) is 0.926. The van der Waals surface area contributed by atoms with E-state index in [0.717, 1.165) is 0 Å². The van der Waals surface area contributed by atoms with Crippen molar-refractivity contribution in [1.82, 2.24) is 5.43 Å². The molecule has 4 nitrogen and oxygen atoms in total. The van der Waals surface area contributed by atoms with Crippen molar-refractivity contribution in [2.75, 3.05) is 0 Å². The van der Waals surface area contributed by atoms with E-state index in [2.05, 4.69) is 10.5 Å². The molecule has 1 atom stereocenters. The van der Waals surface area contributed by atoms with Crippen LogP contribution in [-0.2, 0) is 0 Å². The first-order valence-corrected chi connectivity index (χ1v) is 2.30. The first-order valence-electron chi connectivity index (χ1n) is 2.30. The molecule has 1 rings (SSSR count). The van der Waals surface area contributed by atoms with Crippen molar-refractivity contribution >= 4 is 6.21 Å². The molecule has 1 aliphatic rings. The molecule has 0 aromatic carbocycles. The fourth-order valence-corrected chi connectivity index (χ4v) is 0.417. The number of hydrogen-bond donors (Lipinski definition) is 3. The number of hydrogen-bond acceptors (Lipinski definition) is 4. The van der Waals surface area contributed by atoms with E-state index in [-0.39, 0.29) is 6.04 Å². The molecule has 1 heterocycles. The van der Waals surface area contributed by atoms with Crippen LogP contribution in [0.4, 0.5) is 0 Å². The zero-order valence-corrected chi connectivity index (χ0v) is 4.33. The number of nitrogens with one attached hydrogen (secondary N) is 1. The van der Waals surface area contributed by atoms with Gasteiger partial charge in [0.15, 0.2) is 0 Å². The molecule has 1 unspecified atom stereocenters. The molecule has 0 bridgehead atoms. The lowest BCUT2D eigenvalue weighted by molar-refractivity contribution is 0.856. The van der Waals surface area contributed by atoms with Crippen molar-refractivity contribution in [2.45, 2.75) is 6.04 Å². The van der Waals surface area contributed by atoms with Gasteiger partial charge in [-0.05, 0) is 0 Å². The maximum absolute atomic E-state index is 5.40. The Kier molecular flexibility index (Phi) is 1.17. The smallest absolute Gasteiger partial charge is 0.0835 e. The maximum Gasteiger partial charge on any atom is 0.0835 e. The van der Waals surface area contributed by atoms with Gasteiger partial charge in [-0.2, -0.15) is 5.10 Å². The van der Waals surface area contributed by atoms with Gasteiger partial charge in [0.25, 0.3) is 0 Å². The van der Waals surface area contributed by atoms with Crippen molar-refractivity contribution in [2.24, 2.45) is 16.6 Å². The van der Waals surface area contributed by atoms with Crippen LogP contribution in [0, 0.1) is 0 Å². The number of rotatable bonds is 0. The van der Waals surface area contributed by atoms with Gasteiger partial charge in [0.1, 0.15) is 0 Å². The van der Waals surface area contributed by atoms with E-state index in [0.29, 0.717) is 5.70 Å². The van der Waals surface area contributed by atoms with E-state index < -0.39 is 0 Å². The molecule has 0 saturated heterocycles. The van der Waals surface area contributed by atoms with Crippen molar-refractivity contribution in [3.8, 4) is 0 Å². The third kappa shape index (κ3) is 0.788. The van der Waals surface area contributed by atoms with E-state index in [9.17, 15) is 0 Å². The standard InChI is InChI=1S/C4H8N4/c5-3-1-7-8-2-4(3)6/h1-3,8H,5-6H2. The summed E-state index contributed by atoms with van der Waals surface area (Å²) < 4.78 is 0. The van der Waals surface area contributed by atoms with E-state index in [1.54, 1.807) is 12.4 Å². The van der Waals surface area contributed by atoms with E-state index in [4.69, 9.17) is 11.5 Å². The molecule has 0 saturated carbocycles. The molecule has 0 radical (unpaired) electrons. The van der Waals surface area contributed by atoms with Crippen LogP contribution < -0.4 is 16.9 Å². The highest BCUT2D eigenvalue weighted by atomic mass is 15.3. The highest BCUT2D eigenvalue weighted by Crippen LogP contribution is 1.89. The van der Waals surface area contributed by atoms with E-state index in [1.807, 2.05) is 0 Å². The largest absolute Gasteiger partial charge is 0.399 e. The fourth-order valence-electron chi connectivity index (χ4n) is 0.417. The molecule has 5 N–H and O–H groups in total. The normalized spacial score (nSPS) is 26.6. The Morgan fingerprint density at radius 2 is 2.50 bits per heavy atom. The second kappa shape index (κ2) is 1.83. The van der Waals surface area contributed by atoms with Crippen LogP contribution in [0.25, 0.3) is 0 Å². The SMILES string of the molecule is NC1=CNN=CC1N. The van der Waals surface area contributed by atoms with Gasteiger partial charge in [-0.25, -0.2) is 0 Å². The first kappa shape index (κ1) is 5.11. The van der Waals surface area contributed by atoms with Crippen molar-refractivity contribution in [3.63, 3.8) is 0 Å². The van der Waals surface area contributed by atoms with Gasteiger partial charge >= 0.3 is 0 Å². The quantitative estimate of drug-likeness (QED) is 0.364. The Morgan fingerprint density at radius 3 is 2.88 bits per heavy atom. The zero-order chi connectivity index (χ0) is 5.98. The van der Waals surface area contributed by atoms with Gasteiger partial charge in [0, 0.05) is 18.1 Å². The van der Waals surface area contributed by atoms with Crippen LogP contribution in [0.3, 0.4) is 0 Å². The van der Waals surface area contributed by atoms with Crippen LogP contribution in [0.2, 0.25) is 0 Å². The second-order valence-electron chi connectivity index (χ2n) is 1.58. The minimum absolute atomic E-state index is 0.212. The van der Waals surface area contributed by atoms with E-state index >= 15 is 0 Å². The summed E-state index contributed by atoms with van der Waals surface area (Å²) >= 11 is 0. The summed E-state index contributed by atoms with van der Waals surface area (Å²) in [5.74, 6) is 0. The average Bonchev–Trinajstić information content (AvgIpc) is 1.77. The summed E-state index contributed by atoms with van der Waals surface area (Å²) in [6, 6.07) is -0.212. The lowest BCUT2D eigenvalue weighted by Crippen LogP contribution is -2.33. The first-order chi connectivity index (χ1) is 3.80. The van der Waals surface area contributed by atoms with Gasteiger partial charge in [-0.1, -0.05) is 0 Å². The maximum atomic E-state index is 5.40. The van der Waals surface area contributed by atoms with Crippen molar-refractivity contribution in [3.05, 3.63) is 11.9 Å². The summed E-state index contributed by atoms with van der Waals surface area (Å²) in [4.78, 5) is 0. The van der Waals surface area contributed by atoms with Gasteiger partial charge in [0.05, 0.1) is 6.04 Å². The number of nitrogens with zero attached hydrogens (tertiary/aromatic N) is 1. The Morgan fingerprint density at radius 1 is 1.75 bits per heavy atom. The Labute approximate surface area is 47.2 Å². The summed E-state index contributed by atoms with van der Waals surface area (Å²) in [6.45, 7) is 0. The predicted octanol–water partition coefficient (Wildman–Crippen LogP) is -1.30. The summed E-state index contributed by atoms with van der Waals surface area (Å²) in [5, 5.41) is 3.65. The summed E-state index contributed by atoms with van der Waals surface area (Å²) in [5.41, 5.74) is 13.9. The molecule has 8 heavy (non-hydrogen) atoms. The molecule has 4 heteroatoms. The monoisotopic (exact) mass is 112 g/mol. The fraction of sp³-hybridized carbons (Fsp3) is 0.250. The van der Waals surface area contributed by atoms with Gasteiger partial charge in [-0.3, -0.25) is 5.43 Å². The Hall–Kier alpha value is -1.03. The minimum Gasteiger partial charge on any atom is -0.399 e. The minimum atomic E-state index is -0.212. The van der Waals surface area contributed by atoms with Crippen LogP contribution >= 0.6 is 0 Å². The highest BCUT2D eigenvalue weighted by molar-refractivity contribution is 5.69. The molecular weight excluding hydrogens is 104 g/mol. The lowest BCUT2D eigenvalue weighted by Gasteiger charge is -2.09. The molecule has 0 aliphatic carbocycles.